The molecule has 1 aromatic carbocycles. The zero-order chi connectivity index (χ0) is 16.3. The summed E-state index contributed by atoms with van der Waals surface area (Å²) in [5.41, 5.74) is 1.87. The van der Waals surface area contributed by atoms with Crippen LogP contribution in [0.2, 0.25) is 0 Å². The average Bonchev–Trinajstić information content (AvgIpc) is 2.33. The number of ether oxygens (including phenoxy) is 1. The molecule has 1 N–H and O–H groups in total. The maximum atomic E-state index is 12.3. The van der Waals surface area contributed by atoms with Gasteiger partial charge in [-0.3, -0.25) is 10.2 Å². The number of hydrazine groups is 1. The molecule has 0 saturated carbocycles. The van der Waals surface area contributed by atoms with E-state index in [4.69, 9.17) is 4.74 Å². The number of nitrogens with zero attached hydrogens (tertiary/aromatic N) is 1. The number of amides is 2. The number of rotatable bonds is 1. The van der Waals surface area contributed by atoms with E-state index >= 15 is 0 Å². The Morgan fingerprint density at radius 2 is 1.52 bits per heavy atom. The molecule has 1 aromatic rings. The molecule has 0 heterocycles. The molecule has 0 fully saturated rings. The van der Waals surface area contributed by atoms with Crippen molar-refractivity contribution in [3.8, 4) is 0 Å². The summed E-state index contributed by atoms with van der Waals surface area (Å²) in [5, 5.41) is 1.22. The summed E-state index contributed by atoms with van der Waals surface area (Å²) >= 11 is 0. The third-order valence-electron chi connectivity index (χ3n) is 2.50. The van der Waals surface area contributed by atoms with E-state index < -0.39 is 17.2 Å². The van der Waals surface area contributed by atoms with Crippen LogP contribution < -0.4 is 5.43 Å². The standard InChI is InChI=1S/C16H24N2O3/c1-15(2,3)18(14(20)21-16(4,5)6)17-13(19)12-10-8-7-9-11-12/h7-11H,1-6H3,(H,17,19). The maximum absolute atomic E-state index is 12.3. The van der Waals surface area contributed by atoms with E-state index in [2.05, 4.69) is 5.43 Å². The second-order valence-electron chi connectivity index (χ2n) is 6.79. The summed E-state index contributed by atoms with van der Waals surface area (Å²) in [5.74, 6) is -0.351. The lowest BCUT2D eigenvalue weighted by Crippen LogP contribution is -2.57. The zero-order valence-corrected chi connectivity index (χ0v) is 13.6. The van der Waals surface area contributed by atoms with E-state index in [1.807, 2.05) is 26.8 Å². The lowest BCUT2D eigenvalue weighted by Gasteiger charge is -2.36. The van der Waals surface area contributed by atoms with Gasteiger partial charge in [0.25, 0.3) is 5.91 Å². The topological polar surface area (TPSA) is 58.6 Å². The number of carbonyl (C=O) groups excluding carboxylic acids is 2. The number of nitrogens with one attached hydrogen (secondary N) is 1. The number of hydrogen-bond acceptors (Lipinski definition) is 3. The lowest BCUT2D eigenvalue weighted by molar-refractivity contribution is -0.00965. The highest BCUT2D eigenvalue weighted by molar-refractivity contribution is 5.95. The second-order valence-corrected chi connectivity index (χ2v) is 6.79. The molecule has 0 aliphatic rings. The molecule has 0 atom stereocenters. The van der Waals surface area contributed by atoms with Gasteiger partial charge in [-0.2, -0.15) is 0 Å². The van der Waals surface area contributed by atoms with E-state index in [0.29, 0.717) is 5.56 Å². The molecule has 5 nitrogen and oxygen atoms in total. The van der Waals surface area contributed by atoms with Crippen molar-refractivity contribution < 1.29 is 14.3 Å². The molecular weight excluding hydrogens is 268 g/mol. The predicted molar refractivity (Wildman–Crippen MR) is 81.7 cm³/mol. The van der Waals surface area contributed by atoms with Crippen molar-refractivity contribution in [2.45, 2.75) is 52.7 Å². The first kappa shape index (κ1) is 17.0. The summed E-state index contributed by atoms with van der Waals surface area (Å²) in [4.78, 5) is 24.5. The van der Waals surface area contributed by atoms with E-state index in [1.165, 1.54) is 5.01 Å². The van der Waals surface area contributed by atoms with Gasteiger partial charge in [-0.15, -0.1) is 0 Å². The van der Waals surface area contributed by atoms with Gasteiger partial charge in [-0.25, -0.2) is 9.80 Å². The SMILES string of the molecule is CC(C)(C)OC(=O)N(NC(=O)c1ccccc1)C(C)(C)C. The highest BCUT2D eigenvalue weighted by atomic mass is 16.6. The van der Waals surface area contributed by atoms with Gasteiger partial charge >= 0.3 is 6.09 Å². The van der Waals surface area contributed by atoms with Gasteiger partial charge in [0.05, 0.1) is 5.54 Å². The molecule has 0 radical (unpaired) electrons. The van der Waals surface area contributed by atoms with Gasteiger partial charge in [-0.1, -0.05) is 18.2 Å². The second kappa shape index (κ2) is 6.16. The van der Waals surface area contributed by atoms with Crippen LogP contribution in [-0.2, 0) is 4.74 Å². The van der Waals surface area contributed by atoms with Crippen LogP contribution in [0.4, 0.5) is 4.79 Å². The summed E-state index contributed by atoms with van der Waals surface area (Å²) in [6.07, 6.45) is -0.584. The zero-order valence-electron chi connectivity index (χ0n) is 13.6. The Morgan fingerprint density at radius 3 is 1.95 bits per heavy atom. The van der Waals surface area contributed by atoms with Crippen molar-refractivity contribution in [1.29, 1.82) is 0 Å². The van der Waals surface area contributed by atoms with Gasteiger partial charge in [0, 0.05) is 5.56 Å². The summed E-state index contributed by atoms with van der Waals surface area (Å²) in [7, 11) is 0. The van der Waals surface area contributed by atoms with Crippen molar-refractivity contribution in [3.63, 3.8) is 0 Å². The molecule has 1 rings (SSSR count). The minimum absolute atomic E-state index is 0.351. The molecule has 21 heavy (non-hydrogen) atoms. The molecule has 2 amide bonds. The molecule has 0 unspecified atom stereocenters. The molecule has 0 aromatic heterocycles. The molecule has 0 bridgehead atoms. The molecular formula is C16H24N2O3. The Bertz CT molecular complexity index is 498. The van der Waals surface area contributed by atoms with Crippen LogP contribution in [0.1, 0.15) is 51.9 Å². The Morgan fingerprint density at radius 1 is 1.00 bits per heavy atom. The van der Waals surface area contributed by atoms with Crippen LogP contribution >= 0.6 is 0 Å². The quantitative estimate of drug-likeness (QED) is 0.807. The van der Waals surface area contributed by atoms with Crippen LogP contribution in [0.3, 0.4) is 0 Å². The first-order valence-electron chi connectivity index (χ1n) is 6.90. The number of hydrogen-bond donors (Lipinski definition) is 1. The summed E-state index contributed by atoms with van der Waals surface area (Å²) in [6, 6.07) is 8.73. The molecule has 5 heteroatoms. The summed E-state index contributed by atoms with van der Waals surface area (Å²) < 4.78 is 5.34. The normalized spacial score (nSPS) is 11.7. The van der Waals surface area contributed by atoms with Gasteiger partial charge in [0.2, 0.25) is 0 Å². The fraction of sp³-hybridized carbons (Fsp3) is 0.500. The molecule has 0 aliphatic carbocycles. The number of benzene rings is 1. The van der Waals surface area contributed by atoms with Crippen LogP contribution in [0.25, 0.3) is 0 Å². The molecule has 0 spiro atoms. The third kappa shape index (κ3) is 5.45. The minimum Gasteiger partial charge on any atom is -0.442 e. The first-order valence-corrected chi connectivity index (χ1v) is 6.90. The highest BCUT2D eigenvalue weighted by Gasteiger charge is 2.32. The molecule has 116 valence electrons. The smallest absolute Gasteiger partial charge is 0.429 e. The first-order chi connectivity index (χ1) is 9.50. The van der Waals surface area contributed by atoms with Gasteiger partial charge in [-0.05, 0) is 53.7 Å². The van der Waals surface area contributed by atoms with Gasteiger partial charge in [0.1, 0.15) is 5.60 Å². The minimum atomic E-state index is -0.627. The largest absolute Gasteiger partial charge is 0.442 e. The molecule has 0 saturated heterocycles. The van der Waals surface area contributed by atoms with E-state index in [-0.39, 0.29) is 5.91 Å². The van der Waals surface area contributed by atoms with Crippen LogP contribution in [0, 0.1) is 0 Å². The Hall–Kier alpha value is -2.04. The monoisotopic (exact) mass is 292 g/mol. The van der Waals surface area contributed by atoms with E-state index in [1.54, 1.807) is 45.0 Å². The van der Waals surface area contributed by atoms with E-state index in [9.17, 15) is 9.59 Å². The van der Waals surface area contributed by atoms with Crippen LogP contribution in [0.5, 0.6) is 0 Å². The fourth-order valence-corrected chi connectivity index (χ4v) is 1.55. The number of carbonyl (C=O) groups is 2. The van der Waals surface area contributed by atoms with Crippen LogP contribution in [-0.4, -0.2) is 28.1 Å². The van der Waals surface area contributed by atoms with Crippen molar-refractivity contribution in [2.75, 3.05) is 0 Å². The maximum Gasteiger partial charge on any atom is 0.429 e. The van der Waals surface area contributed by atoms with E-state index in [0.717, 1.165) is 0 Å². The van der Waals surface area contributed by atoms with Crippen molar-refractivity contribution in [3.05, 3.63) is 35.9 Å². The fourth-order valence-electron chi connectivity index (χ4n) is 1.55. The molecule has 0 aliphatic heterocycles. The van der Waals surface area contributed by atoms with Gasteiger partial charge in [0.15, 0.2) is 0 Å². The third-order valence-corrected chi connectivity index (χ3v) is 2.50. The lowest BCUT2D eigenvalue weighted by atomic mass is 10.1. The van der Waals surface area contributed by atoms with Gasteiger partial charge < -0.3 is 4.74 Å². The Kier molecular flexibility index (Phi) is 4.99. The average molecular weight is 292 g/mol. The Labute approximate surface area is 126 Å². The Balaban J connectivity index is 2.90. The highest BCUT2D eigenvalue weighted by Crippen LogP contribution is 2.17. The van der Waals surface area contributed by atoms with Crippen molar-refractivity contribution >= 4 is 12.0 Å². The summed E-state index contributed by atoms with van der Waals surface area (Å²) in [6.45, 7) is 10.8. The predicted octanol–water partition coefficient (Wildman–Crippen LogP) is 3.37. The van der Waals surface area contributed by atoms with Crippen molar-refractivity contribution in [2.24, 2.45) is 0 Å². The van der Waals surface area contributed by atoms with Crippen molar-refractivity contribution in [1.82, 2.24) is 10.4 Å². The van der Waals surface area contributed by atoms with Crippen LogP contribution in [0.15, 0.2) is 30.3 Å².